The van der Waals surface area contributed by atoms with Gasteiger partial charge in [-0.15, -0.1) is 0 Å². The number of ether oxygens (including phenoxy) is 1. The van der Waals surface area contributed by atoms with E-state index in [1.165, 1.54) is 19.2 Å². The highest BCUT2D eigenvalue weighted by molar-refractivity contribution is 5.95. The third-order valence-electron chi connectivity index (χ3n) is 3.31. The van der Waals surface area contributed by atoms with Crippen molar-refractivity contribution in [2.24, 2.45) is 5.41 Å². The first-order valence-corrected chi connectivity index (χ1v) is 5.84. The van der Waals surface area contributed by atoms with Gasteiger partial charge in [-0.2, -0.15) is 0 Å². The van der Waals surface area contributed by atoms with Gasteiger partial charge >= 0.3 is 5.97 Å². The summed E-state index contributed by atoms with van der Waals surface area (Å²) in [6.07, 6.45) is 1.13. The summed E-state index contributed by atoms with van der Waals surface area (Å²) >= 11 is 0. The summed E-state index contributed by atoms with van der Waals surface area (Å²) in [5, 5.41) is 11.5. The van der Waals surface area contributed by atoms with E-state index < -0.39 is 23.1 Å². The van der Waals surface area contributed by atoms with Crippen LogP contribution in [-0.4, -0.2) is 30.6 Å². The van der Waals surface area contributed by atoms with Crippen LogP contribution < -0.4 is 10.1 Å². The molecule has 1 amide bonds. The first kappa shape index (κ1) is 13.3. The fourth-order valence-corrected chi connectivity index (χ4v) is 1.77. The SMILES string of the molecule is COc1cc(C(=O)NCC2(C(=O)O)CC2)ccc1F. The molecule has 0 heterocycles. The number of carbonyl (C=O) groups excluding carboxylic acids is 1. The number of carboxylic acids is 1. The molecule has 0 aromatic heterocycles. The highest BCUT2D eigenvalue weighted by Crippen LogP contribution is 2.45. The molecule has 1 aromatic rings. The molecule has 1 aliphatic rings. The molecule has 102 valence electrons. The highest BCUT2D eigenvalue weighted by Gasteiger charge is 2.50. The molecule has 1 aromatic carbocycles. The zero-order valence-electron chi connectivity index (χ0n) is 10.4. The number of amides is 1. The van der Waals surface area contributed by atoms with Crippen molar-refractivity contribution in [2.75, 3.05) is 13.7 Å². The fourth-order valence-electron chi connectivity index (χ4n) is 1.77. The minimum Gasteiger partial charge on any atom is -0.494 e. The quantitative estimate of drug-likeness (QED) is 0.846. The average Bonchev–Trinajstić information content (AvgIpc) is 3.17. The lowest BCUT2D eigenvalue weighted by atomic mass is 10.1. The van der Waals surface area contributed by atoms with Crippen molar-refractivity contribution in [3.05, 3.63) is 29.6 Å². The standard InChI is InChI=1S/C13H14FNO4/c1-19-10-6-8(2-3-9(10)14)11(16)15-7-13(4-5-13)12(17)18/h2-3,6H,4-5,7H2,1H3,(H,15,16)(H,17,18). The monoisotopic (exact) mass is 267 g/mol. The van der Waals surface area contributed by atoms with Crippen molar-refractivity contribution in [3.63, 3.8) is 0 Å². The minimum absolute atomic E-state index is 0.0213. The summed E-state index contributed by atoms with van der Waals surface area (Å²) in [6, 6.07) is 3.75. The van der Waals surface area contributed by atoms with Crippen LogP contribution in [0.3, 0.4) is 0 Å². The zero-order chi connectivity index (χ0) is 14.0. The molecule has 5 nitrogen and oxygen atoms in total. The first-order chi connectivity index (χ1) is 8.98. The lowest BCUT2D eigenvalue weighted by Crippen LogP contribution is -2.34. The maximum absolute atomic E-state index is 13.2. The molecule has 0 spiro atoms. The molecule has 0 atom stereocenters. The Bertz CT molecular complexity index is 525. The second kappa shape index (κ2) is 4.87. The normalized spacial score (nSPS) is 15.7. The van der Waals surface area contributed by atoms with Crippen LogP contribution in [0.1, 0.15) is 23.2 Å². The molecule has 0 unspecified atom stereocenters. The van der Waals surface area contributed by atoms with Gasteiger partial charge in [-0.3, -0.25) is 9.59 Å². The number of aliphatic carboxylic acids is 1. The molecule has 0 aliphatic heterocycles. The number of nitrogens with one attached hydrogen (secondary N) is 1. The molecule has 6 heteroatoms. The molecule has 0 saturated heterocycles. The summed E-state index contributed by atoms with van der Waals surface area (Å²) in [4.78, 5) is 22.8. The molecular weight excluding hydrogens is 253 g/mol. The number of halogens is 1. The van der Waals surface area contributed by atoms with Crippen LogP contribution in [0.2, 0.25) is 0 Å². The summed E-state index contributed by atoms with van der Waals surface area (Å²) in [6.45, 7) is 0.0842. The van der Waals surface area contributed by atoms with Crippen molar-refractivity contribution in [2.45, 2.75) is 12.8 Å². The van der Waals surface area contributed by atoms with Crippen molar-refractivity contribution >= 4 is 11.9 Å². The van der Waals surface area contributed by atoms with Gasteiger partial charge < -0.3 is 15.2 Å². The first-order valence-electron chi connectivity index (χ1n) is 5.84. The predicted molar refractivity (Wildman–Crippen MR) is 64.6 cm³/mol. The van der Waals surface area contributed by atoms with Crippen LogP contribution in [0, 0.1) is 11.2 Å². The molecule has 2 rings (SSSR count). The Balaban J connectivity index is 2.02. The summed E-state index contributed by atoms with van der Waals surface area (Å²) < 4.78 is 18.0. The summed E-state index contributed by atoms with van der Waals surface area (Å²) in [7, 11) is 1.31. The molecule has 1 aliphatic carbocycles. The van der Waals surface area contributed by atoms with Crippen molar-refractivity contribution < 1.29 is 23.8 Å². The average molecular weight is 267 g/mol. The van der Waals surface area contributed by atoms with E-state index in [9.17, 15) is 14.0 Å². The fraction of sp³-hybridized carbons (Fsp3) is 0.385. The Hall–Kier alpha value is -2.11. The topological polar surface area (TPSA) is 75.6 Å². The van der Waals surface area contributed by atoms with Crippen LogP contribution in [0.5, 0.6) is 5.75 Å². The molecule has 0 bridgehead atoms. The van der Waals surface area contributed by atoms with Gasteiger partial charge in [0.15, 0.2) is 11.6 Å². The number of carbonyl (C=O) groups is 2. The van der Waals surface area contributed by atoms with E-state index in [4.69, 9.17) is 9.84 Å². The Morgan fingerprint density at radius 1 is 1.47 bits per heavy atom. The third-order valence-corrected chi connectivity index (χ3v) is 3.31. The Morgan fingerprint density at radius 2 is 2.16 bits per heavy atom. The van der Waals surface area contributed by atoms with Crippen LogP contribution in [-0.2, 0) is 4.79 Å². The number of rotatable bonds is 5. The molecule has 19 heavy (non-hydrogen) atoms. The van der Waals surface area contributed by atoms with Gasteiger partial charge in [0.1, 0.15) is 0 Å². The van der Waals surface area contributed by atoms with Gasteiger partial charge in [0.2, 0.25) is 0 Å². The van der Waals surface area contributed by atoms with E-state index in [0.29, 0.717) is 12.8 Å². The molecule has 1 saturated carbocycles. The van der Waals surface area contributed by atoms with Crippen LogP contribution in [0.4, 0.5) is 4.39 Å². The van der Waals surface area contributed by atoms with Crippen LogP contribution in [0.15, 0.2) is 18.2 Å². The third kappa shape index (κ3) is 2.67. The largest absolute Gasteiger partial charge is 0.494 e. The van der Waals surface area contributed by atoms with Crippen LogP contribution in [0.25, 0.3) is 0 Å². The molecule has 2 N–H and O–H groups in total. The van der Waals surface area contributed by atoms with Gasteiger partial charge in [0.05, 0.1) is 12.5 Å². The van der Waals surface area contributed by atoms with Gasteiger partial charge in [-0.05, 0) is 31.0 Å². The van der Waals surface area contributed by atoms with Gasteiger partial charge in [0.25, 0.3) is 5.91 Å². The maximum Gasteiger partial charge on any atom is 0.311 e. The van der Waals surface area contributed by atoms with E-state index >= 15 is 0 Å². The lowest BCUT2D eigenvalue weighted by molar-refractivity contribution is -0.143. The highest BCUT2D eigenvalue weighted by atomic mass is 19.1. The number of hydrogen-bond acceptors (Lipinski definition) is 3. The molecule has 1 fully saturated rings. The number of benzene rings is 1. The smallest absolute Gasteiger partial charge is 0.311 e. The number of methoxy groups -OCH3 is 1. The van der Waals surface area contributed by atoms with Crippen molar-refractivity contribution in [3.8, 4) is 5.75 Å². The Kier molecular flexibility index (Phi) is 3.42. The van der Waals surface area contributed by atoms with E-state index in [2.05, 4.69) is 5.32 Å². The number of hydrogen-bond donors (Lipinski definition) is 2. The Labute approximate surface area is 109 Å². The van der Waals surface area contributed by atoms with Gasteiger partial charge in [-0.1, -0.05) is 0 Å². The second-order valence-corrected chi connectivity index (χ2v) is 4.62. The Morgan fingerprint density at radius 3 is 2.68 bits per heavy atom. The maximum atomic E-state index is 13.2. The van der Waals surface area contributed by atoms with E-state index in [0.717, 1.165) is 6.07 Å². The zero-order valence-corrected chi connectivity index (χ0v) is 10.4. The predicted octanol–water partition coefficient (Wildman–Crippen LogP) is 1.43. The minimum atomic E-state index is -0.899. The van der Waals surface area contributed by atoms with Gasteiger partial charge in [-0.25, -0.2) is 4.39 Å². The van der Waals surface area contributed by atoms with Gasteiger partial charge in [0, 0.05) is 12.1 Å². The molecule has 0 radical (unpaired) electrons. The molecular formula is C13H14FNO4. The summed E-state index contributed by atoms with van der Waals surface area (Å²) in [5.74, 6) is -1.91. The second-order valence-electron chi connectivity index (χ2n) is 4.62. The lowest BCUT2D eigenvalue weighted by Gasteiger charge is -2.11. The number of carboxylic acid groups (broad SMARTS) is 1. The van der Waals surface area contributed by atoms with E-state index in [1.807, 2.05) is 0 Å². The van der Waals surface area contributed by atoms with E-state index in [1.54, 1.807) is 0 Å². The van der Waals surface area contributed by atoms with E-state index in [-0.39, 0.29) is 17.9 Å². The van der Waals surface area contributed by atoms with Crippen LogP contribution >= 0.6 is 0 Å². The van der Waals surface area contributed by atoms with Crippen molar-refractivity contribution in [1.29, 1.82) is 0 Å². The summed E-state index contributed by atoms with van der Waals surface area (Å²) in [5.41, 5.74) is -0.584. The van der Waals surface area contributed by atoms with Crippen molar-refractivity contribution in [1.82, 2.24) is 5.32 Å².